The molecule has 1 fully saturated rings. The summed E-state index contributed by atoms with van der Waals surface area (Å²) in [7, 11) is 0. The number of fused-ring (bicyclic) bond motifs is 1. The van der Waals surface area contributed by atoms with Gasteiger partial charge >= 0.3 is 0 Å². The van der Waals surface area contributed by atoms with E-state index < -0.39 is 11.9 Å². The number of aromatic nitrogens is 1. The number of aliphatic hydroxyl groups is 1. The molecule has 8 heteroatoms. The van der Waals surface area contributed by atoms with Gasteiger partial charge in [-0.05, 0) is 42.3 Å². The minimum atomic E-state index is -0.776. The molecule has 2 aromatic carbocycles. The first-order valence-electron chi connectivity index (χ1n) is 9.44. The maximum atomic E-state index is 14.2. The van der Waals surface area contributed by atoms with Gasteiger partial charge in [-0.15, -0.1) is 11.3 Å². The standard InChI is InChI=1S/C21H22FN3O3S/c1-13-24-19-8-14(2-3-20(19)29-13)15-6-16(22)9-18(7-15)28-12-17(26)10-25-5-4-23-21(27)11-25/h2-3,6-9,17,26H,4-5,10-12H2,1H3,(H,23,27). The Morgan fingerprint density at radius 1 is 1.31 bits per heavy atom. The molecule has 2 N–H and O–H groups in total. The molecule has 0 aliphatic carbocycles. The van der Waals surface area contributed by atoms with Crippen molar-refractivity contribution in [1.29, 1.82) is 0 Å². The van der Waals surface area contributed by atoms with Gasteiger partial charge in [-0.1, -0.05) is 6.07 Å². The van der Waals surface area contributed by atoms with Crippen LogP contribution in [0.5, 0.6) is 5.75 Å². The van der Waals surface area contributed by atoms with Crippen LogP contribution >= 0.6 is 11.3 Å². The maximum absolute atomic E-state index is 14.2. The van der Waals surface area contributed by atoms with E-state index in [1.54, 1.807) is 17.4 Å². The number of ether oxygens (including phenoxy) is 1. The Bertz CT molecular complexity index is 1040. The molecule has 0 bridgehead atoms. The van der Waals surface area contributed by atoms with Gasteiger partial charge < -0.3 is 15.2 Å². The Balaban J connectivity index is 1.44. The number of aryl methyl sites for hydroxylation is 1. The van der Waals surface area contributed by atoms with E-state index in [1.807, 2.05) is 30.0 Å². The first-order chi connectivity index (χ1) is 14.0. The van der Waals surface area contributed by atoms with Crippen LogP contribution in [0.3, 0.4) is 0 Å². The number of hydrogen-bond donors (Lipinski definition) is 2. The van der Waals surface area contributed by atoms with E-state index >= 15 is 0 Å². The second-order valence-corrected chi connectivity index (χ2v) is 8.38. The fraction of sp³-hybridized carbons (Fsp3) is 0.333. The Kier molecular flexibility index (Phi) is 5.75. The number of amides is 1. The minimum absolute atomic E-state index is 0.0192. The zero-order valence-corrected chi connectivity index (χ0v) is 16.8. The monoisotopic (exact) mass is 415 g/mol. The van der Waals surface area contributed by atoms with Crippen molar-refractivity contribution >= 4 is 27.5 Å². The molecule has 3 aromatic rings. The van der Waals surface area contributed by atoms with E-state index in [2.05, 4.69) is 10.3 Å². The molecular weight excluding hydrogens is 393 g/mol. The highest BCUT2D eigenvalue weighted by Gasteiger charge is 2.19. The molecule has 1 atom stereocenters. The van der Waals surface area contributed by atoms with E-state index in [4.69, 9.17) is 4.74 Å². The maximum Gasteiger partial charge on any atom is 0.234 e. The number of benzene rings is 2. The predicted octanol–water partition coefficient (Wildman–Crippen LogP) is 2.58. The van der Waals surface area contributed by atoms with Crippen molar-refractivity contribution in [2.45, 2.75) is 13.0 Å². The Labute approximate surface area is 171 Å². The second-order valence-electron chi connectivity index (χ2n) is 7.14. The average Bonchev–Trinajstić information content (AvgIpc) is 3.05. The number of hydrogen-bond acceptors (Lipinski definition) is 6. The van der Waals surface area contributed by atoms with Gasteiger partial charge in [0.25, 0.3) is 0 Å². The summed E-state index contributed by atoms with van der Waals surface area (Å²) in [6.45, 7) is 3.83. The highest BCUT2D eigenvalue weighted by molar-refractivity contribution is 7.18. The number of aliphatic hydroxyl groups excluding tert-OH is 1. The number of carbonyl (C=O) groups excluding carboxylic acids is 1. The third-order valence-corrected chi connectivity index (χ3v) is 5.68. The summed E-state index contributed by atoms with van der Waals surface area (Å²) in [4.78, 5) is 17.8. The molecule has 6 nitrogen and oxygen atoms in total. The van der Waals surface area contributed by atoms with Crippen LogP contribution in [0.25, 0.3) is 21.3 Å². The topological polar surface area (TPSA) is 74.7 Å². The van der Waals surface area contributed by atoms with Crippen molar-refractivity contribution < 1.29 is 19.0 Å². The van der Waals surface area contributed by atoms with E-state index in [1.165, 1.54) is 12.1 Å². The van der Waals surface area contributed by atoms with Gasteiger partial charge in [0.1, 0.15) is 24.3 Å². The van der Waals surface area contributed by atoms with Crippen molar-refractivity contribution in [3.05, 3.63) is 47.2 Å². The first-order valence-corrected chi connectivity index (χ1v) is 10.3. The number of nitrogens with one attached hydrogen (secondary N) is 1. The summed E-state index contributed by atoms with van der Waals surface area (Å²) in [5.41, 5.74) is 2.43. The van der Waals surface area contributed by atoms with Crippen molar-refractivity contribution in [3.8, 4) is 16.9 Å². The molecule has 1 saturated heterocycles. The summed E-state index contributed by atoms with van der Waals surface area (Å²) < 4.78 is 20.9. The molecule has 2 heterocycles. The molecule has 4 rings (SSSR count). The largest absolute Gasteiger partial charge is 0.491 e. The average molecular weight is 415 g/mol. The Morgan fingerprint density at radius 3 is 3.00 bits per heavy atom. The van der Waals surface area contributed by atoms with Crippen LogP contribution < -0.4 is 10.1 Å². The van der Waals surface area contributed by atoms with Crippen LogP contribution in [0, 0.1) is 12.7 Å². The minimum Gasteiger partial charge on any atom is -0.491 e. The summed E-state index contributed by atoms with van der Waals surface area (Å²) >= 11 is 1.62. The highest BCUT2D eigenvalue weighted by Crippen LogP contribution is 2.30. The number of carbonyl (C=O) groups is 1. The van der Waals surface area contributed by atoms with Crippen LogP contribution in [-0.2, 0) is 4.79 Å². The smallest absolute Gasteiger partial charge is 0.234 e. The third kappa shape index (κ3) is 4.90. The molecule has 152 valence electrons. The zero-order valence-electron chi connectivity index (χ0n) is 16.0. The lowest BCUT2D eigenvalue weighted by Gasteiger charge is -2.28. The lowest BCUT2D eigenvalue weighted by Crippen LogP contribution is -2.50. The van der Waals surface area contributed by atoms with Crippen LogP contribution in [0.2, 0.25) is 0 Å². The molecule has 1 unspecified atom stereocenters. The fourth-order valence-corrected chi connectivity index (χ4v) is 4.23. The van der Waals surface area contributed by atoms with Crippen molar-refractivity contribution in [3.63, 3.8) is 0 Å². The number of rotatable bonds is 6. The molecule has 1 aromatic heterocycles. The lowest BCUT2D eigenvalue weighted by molar-refractivity contribution is -0.124. The van der Waals surface area contributed by atoms with Crippen LogP contribution in [0.1, 0.15) is 5.01 Å². The number of nitrogens with zero attached hydrogens (tertiary/aromatic N) is 2. The molecule has 1 aliphatic rings. The third-order valence-electron chi connectivity index (χ3n) is 4.73. The molecule has 1 aliphatic heterocycles. The first kappa shape index (κ1) is 19.8. The van der Waals surface area contributed by atoms with Crippen molar-refractivity contribution in [2.75, 3.05) is 32.8 Å². The summed E-state index contributed by atoms with van der Waals surface area (Å²) in [6, 6.07) is 10.4. The SMILES string of the molecule is Cc1nc2cc(-c3cc(F)cc(OCC(O)CN4CCNC(=O)C4)c3)ccc2s1. The Morgan fingerprint density at radius 2 is 2.17 bits per heavy atom. The van der Waals surface area contributed by atoms with Crippen LogP contribution in [-0.4, -0.2) is 59.8 Å². The molecule has 0 radical (unpaired) electrons. The second kappa shape index (κ2) is 8.44. The fourth-order valence-electron chi connectivity index (χ4n) is 3.43. The van der Waals surface area contributed by atoms with E-state index in [0.29, 0.717) is 30.9 Å². The zero-order chi connectivity index (χ0) is 20.4. The van der Waals surface area contributed by atoms with Crippen molar-refractivity contribution in [2.24, 2.45) is 0 Å². The number of piperazine rings is 1. The summed E-state index contributed by atoms with van der Waals surface area (Å²) in [5, 5.41) is 14.0. The van der Waals surface area contributed by atoms with Gasteiger partial charge in [0.15, 0.2) is 0 Å². The predicted molar refractivity (Wildman–Crippen MR) is 111 cm³/mol. The highest BCUT2D eigenvalue weighted by atomic mass is 32.1. The Hall–Kier alpha value is -2.55. The molecule has 0 spiro atoms. The van der Waals surface area contributed by atoms with Gasteiger partial charge in [-0.2, -0.15) is 0 Å². The van der Waals surface area contributed by atoms with Gasteiger partial charge in [-0.3, -0.25) is 9.69 Å². The van der Waals surface area contributed by atoms with Gasteiger partial charge in [0, 0.05) is 25.7 Å². The quantitative estimate of drug-likeness (QED) is 0.647. The lowest BCUT2D eigenvalue weighted by atomic mass is 10.0. The van der Waals surface area contributed by atoms with E-state index in [0.717, 1.165) is 20.8 Å². The van der Waals surface area contributed by atoms with Gasteiger partial charge in [0.05, 0.1) is 21.8 Å². The molecule has 29 heavy (non-hydrogen) atoms. The molecular formula is C21H22FN3O3S. The number of halogens is 1. The van der Waals surface area contributed by atoms with E-state index in [-0.39, 0.29) is 19.1 Å². The van der Waals surface area contributed by atoms with Gasteiger partial charge in [-0.25, -0.2) is 9.37 Å². The van der Waals surface area contributed by atoms with E-state index in [9.17, 15) is 14.3 Å². The van der Waals surface area contributed by atoms with Gasteiger partial charge in [0.2, 0.25) is 5.91 Å². The molecule has 1 amide bonds. The van der Waals surface area contributed by atoms with Crippen molar-refractivity contribution in [1.82, 2.24) is 15.2 Å². The summed E-state index contributed by atoms with van der Waals surface area (Å²) in [6.07, 6.45) is -0.776. The summed E-state index contributed by atoms with van der Waals surface area (Å²) in [5.74, 6) is -0.106. The number of thiazole rings is 1. The van der Waals surface area contributed by atoms with Crippen LogP contribution in [0.15, 0.2) is 36.4 Å². The van der Waals surface area contributed by atoms with Crippen LogP contribution in [0.4, 0.5) is 4.39 Å². The molecule has 0 saturated carbocycles. The number of β-amino-alcohol motifs (C(OH)–C–C–N with tert-alkyl or cyclic N) is 1. The normalized spacial score (nSPS) is 16.0.